The van der Waals surface area contributed by atoms with E-state index in [1.807, 2.05) is 18.2 Å². The minimum atomic E-state index is 0.244. The van der Waals surface area contributed by atoms with Crippen molar-refractivity contribution in [3.8, 4) is 5.75 Å². The van der Waals surface area contributed by atoms with E-state index in [0.29, 0.717) is 12.0 Å². The predicted molar refractivity (Wildman–Crippen MR) is 68.0 cm³/mol. The van der Waals surface area contributed by atoms with E-state index in [1.165, 1.54) is 5.56 Å². The number of aliphatic hydroxyl groups is 1. The lowest BCUT2D eigenvalue weighted by Gasteiger charge is -2.13. The van der Waals surface area contributed by atoms with Crippen LogP contribution >= 0.6 is 0 Å². The first-order chi connectivity index (χ1) is 8.31. The van der Waals surface area contributed by atoms with Crippen LogP contribution in [-0.2, 0) is 6.54 Å². The summed E-state index contributed by atoms with van der Waals surface area (Å²) in [6.45, 7) is 1.07. The van der Waals surface area contributed by atoms with Crippen molar-refractivity contribution < 1.29 is 9.84 Å². The zero-order valence-corrected chi connectivity index (χ0v) is 10.1. The van der Waals surface area contributed by atoms with Crippen LogP contribution in [-0.4, -0.2) is 24.9 Å². The molecule has 1 aromatic rings. The van der Waals surface area contributed by atoms with E-state index >= 15 is 0 Å². The van der Waals surface area contributed by atoms with Crippen molar-refractivity contribution in [2.24, 2.45) is 5.92 Å². The molecule has 2 N–H and O–H groups in total. The lowest BCUT2D eigenvalue weighted by molar-refractivity contribution is 0.246. The first kappa shape index (κ1) is 12.1. The van der Waals surface area contributed by atoms with Gasteiger partial charge >= 0.3 is 0 Å². The van der Waals surface area contributed by atoms with Crippen molar-refractivity contribution in [2.45, 2.75) is 19.0 Å². The summed E-state index contributed by atoms with van der Waals surface area (Å²) in [5, 5.41) is 12.5. The van der Waals surface area contributed by atoms with E-state index in [0.717, 1.165) is 18.7 Å². The Balaban J connectivity index is 1.84. The molecule has 0 fully saturated rings. The van der Waals surface area contributed by atoms with Gasteiger partial charge in [-0.3, -0.25) is 0 Å². The van der Waals surface area contributed by atoms with Crippen molar-refractivity contribution in [3.63, 3.8) is 0 Å². The van der Waals surface area contributed by atoms with E-state index < -0.39 is 0 Å². The summed E-state index contributed by atoms with van der Waals surface area (Å²) < 4.78 is 5.19. The molecule has 0 bridgehead atoms. The summed E-state index contributed by atoms with van der Waals surface area (Å²) in [5.41, 5.74) is 1.21. The fourth-order valence-electron chi connectivity index (χ4n) is 2.09. The number of methoxy groups -OCH3 is 1. The van der Waals surface area contributed by atoms with Crippen LogP contribution < -0.4 is 10.1 Å². The maximum Gasteiger partial charge on any atom is 0.119 e. The number of aliphatic hydroxyl groups excluding tert-OH is 1. The first-order valence-electron chi connectivity index (χ1n) is 5.97. The molecule has 0 amide bonds. The summed E-state index contributed by atoms with van der Waals surface area (Å²) in [5.74, 6) is 1.21. The largest absolute Gasteiger partial charge is 0.497 e. The number of ether oxygens (including phenoxy) is 1. The molecule has 3 heteroatoms. The quantitative estimate of drug-likeness (QED) is 0.761. The van der Waals surface area contributed by atoms with Gasteiger partial charge in [0.2, 0.25) is 0 Å². The highest BCUT2D eigenvalue weighted by atomic mass is 16.5. The Morgan fingerprint density at radius 3 is 3.00 bits per heavy atom. The molecule has 2 rings (SSSR count). The number of rotatable bonds is 5. The fraction of sp³-hybridized carbons (Fsp3) is 0.429. The van der Waals surface area contributed by atoms with Crippen molar-refractivity contribution in [2.75, 3.05) is 13.7 Å². The second-order valence-corrected chi connectivity index (χ2v) is 4.40. The molecule has 0 spiro atoms. The minimum Gasteiger partial charge on any atom is -0.497 e. The van der Waals surface area contributed by atoms with Gasteiger partial charge in [0, 0.05) is 25.1 Å². The van der Waals surface area contributed by atoms with Crippen molar-refractivity contribution in [3.05, 3.63) is 42.0 Å². The van der Waals surface area contributed by atoms with Crippen molar-refractivity contribution in [1.29, 1.82) is 0 Å². The molecule has 2 atom stereocenters. The number of benzene rings is 1. The minimum absolute atomic E-state index is 0.244. The highest BCUT2D eigenvalue weighted by Gasteiger charge is 2.17. The molecule has 0 radical (unpaired) electrons. The lowest BCUT2D eigenvalue weighted by Crippen LogP contribution is -2.26. The molecule has 0 saturated carbocycles. The number of hydrogen-bond acceptors (Lipinski definition) is 3. The lowest BCUT2D eigenvalue weighted by atomic mass is 10.1. The molecule has 1 aliphatic carbocycles. The Hall–Kier alpha value is -1.32. The normalized spacial score (nSPS) is 22.9. The molecule has 0 heterocycles. The van der Waals surface area contributed by atoms with Gasteiger partial charge in [0.15, 0.2) is 0 Å². The molecule has 0 unspecified atom stereocenters. The van der Waals surface area contributed by atoms with E-state index in [-0.39, 0.29) is 6.61 Å². The average Bonchev–Trinajstić information content (AvgIpc) is 2.84. The van der Waals surface area contributed by atoms with Crippen LogP contribution in [0.15, 0.2) is 36.4 Å². The Labute approximate surface area is 102 Å². The molecule has 92 valence electrons. The van der Waals surface area contributed by atoms with Gasteiger partial charge in [-0.1, -0.05) is 24.3 Å². The van der Waals surface area contributed by atoms with Crippen LogP contribution in [0, 0.1) is 5.92 Å². The monoisotopic (exact) mass is 233 g/mol. The standard InChI is InChI=1S/C14H19NO2/c1-17-14-4-2-3-11(8-14)9-15-13-6-5-12(7-13)10-16/h2-6,8,12-13,15-16H,7,9-10H2,1H3/t12-,13+/m0/s1. The van der Waals surface area contributed by atoms with Crippen LogP contribution in [0.2, 0.25) is 0 Å². The average molecular weight is 233 g/mol. The Morgan fingerprint density at radius 2 is 2.29 bits per heavy atom. The Bertz CT molecular complexity index is 390. The summed E-state index contributed by atoms with van der Waals surface area (Å²) in [6.07, 6.45) is 5.21. The van der Waals surface area contributed by atoms with Gasteiger partial charge in [-0.05, 0) is 24.1 Å². The number of hydrogen-bond donors (Lipinski definition) is 2. The van der Waals surface area contributed by atoms with Crippen LogP contribution in [0.1, 0.15) is 12.0 Å². The van der Waals surface area contributed by atoms with Crippen LogP contribution in [0.4, 0.5) is 0 Å². The Kier molecular flexibility index (Phi) is 4.18. The van der Waals surface area contributed by atoms with Crippen LogP contribution in [0.3, 0.4) is 0 Å². The number of nitrogens with one attached hydrogen (secondary N) is 1. The molecule has 0 aliphatic heterocycles. The third-order valence-corrected chi connectivity index (χ3v) is 3.11. The molecule has 3 nitrogen and oxygen atoms in total. The van der Waals surface area contributed by atoms with E-state index in [9.17, 15) is 0 Å². The smallest absolute Gasteiger partial charge is 0.119 e. The van der Waals surface area contributed by atoms with Gasteiger partial charge in [0.25, 0.3) is 0 Å². The van der Waals surface area contributed by atoms with Gasteiger partial charge in [0.1, 0.15) is 5.75 Å². The first-order valence-corrected chi connectivity index (χ1v) is 5.97. The van der Waals surface area contributed by atoms with Gasteiger partial charge in [-0.2, -0.15) is 0 Å². The highest BCUT2D eigenvalue weighted by Crippen LogP contribution is 2.18. The maximum absolute atomic E-state index is 9.04. The van der Waals surface area contributed by atoms with E-state index in [1.54, 1.807) is 7.11 Å². The molecule has 1 aliphatic rings. The van der Waals surface area contributed by atoms with Crippen LogP contribution in [0.5, 0.6) is 5.75 Å². The van der Waals surface area contributed by atoms with E-state index in [4.69, 9.17) is 9.84 Å². The van der Waals surface area contributed by atoms with Crippen molar-refractivity contribution in [1.82, 2.24) is 5.32 Å². The summed E-state index contributed by atoms with van der Waals surface area (Å²) in [6, 6.07) is 8.43. The maximum atomic E-state index is 9.04. The zero-order valence-electron chi connectivity index (χ0n) is 10.1. The molecule has 1 aromatic carbocycles. The second-order valence-electron chi connectivity index (χ2n) is 4.40. The van der Waals surface area contributed by atoms with Gasteiger partial charge < -0.3 is 15.2 Å². The van der Waals surface area contributed by atoms with Crippen molar-refractivity contribution >= 4 is 0 Å². The van der Waals surface area contributed by atoms with Crippen LogP contribution in [0.25, 0.3) is 0 Å². The molecular formula is C14H19NO2. The topological polar surface area (TPSA) is 41.5 Å². The predicted octanol–water partition coefficient (Wildman–Crippen LogP) is 1.72. The Morgan fingerprint density at radius 1 is 1.41 bits per heavy atom. The van der Waals surface area contributed by atoms with Gasteiger partial charge in [-0.15, -0.1) is 0 Å². The second kappa shape index (κ2) is 5.84. The van der Waals surface area contributed by atoms with Gasteiger partial charge in [-0.25, -0.2) is 0 Å². The fourth-order valence-corrected chi connectivity index (χ4v) is 2.09. The SMILES string of the molecule is COc1cccc(CN[C@@H]2C=C[C@H](CO)C2)c1. The summed E-state index contributed by atoms with van der Waals surface area (Å²) >= 11 is 0. The molecule has 0 aromatic heterocycles. The summed E-state index contributed by atoms with van der Waals surface area (Å²) in [7, 11) is 1.68. The van der Waals surface area contributed by atoms with Gasteiger partial charge in [0.05, 0.1) is 7.11 Å². The third kappa shape index (κ3) is 3.32. The van der Waals surface area contributed by atoms with E-state index in [2.05, 4.69) is 23.5 Å². The molecular weight excluding hydrogens is 214 g/mol. The molecule has 17 heavy (non-hydrogen) atoms. The third-order valence-electron chi connectivity index (χ3n) is 3.11. The zero-order chi connectivity index (χ0) is 12.1. The highest BCUT2D eigenvalue weighted by molar-refractivity contribution is 5.28. The summed E-state index contributed by atoms with van der Waals surface area (Å²) in [4.78, 5) is 0. The molecule has 0 saturated heterocycles.